The molecule has 0 aromatic heterocycles. The highest BCUT2D eigenvalue weighted by molar-refractivity contribution is 5.80. The van der Waals surface area contributed by atoms with Crippen LogP contribution in [-0.2, 0) is 11.2 Å². The normalized spacial score (nSPS) is 20.2. The lowest BCUT2D eigenvalue weighted by molar-refractivity contribution is -0.122. The minimum atomic E-state index is 0.408. The van der Waals surface area contributed by atoms with Gasteiger partial charge < -0.3 is 0 Å². The Kier molecular flexibility index (Phi) is 6.01. The summed E-state index contributed by atoms with van der Waals surface area (Å²) < 4.78 is 0. The van der Waals surface area contributed by atoms with Crippen LogP contribution in [0.15, 0.2) is 54.6 Å². The number of nitrogens with zero attached hydrogens (tertiary/aromatic N) is 1. The van der Waals surface area contributed by atoms with E-state index in [9.17, 15) is 4.79 Å². The minimum absolute atomic E-state index is 0.408. The molecule has 1 aliphatic carbocycles. The summed E-state index contributed by atoms with van der Waals surface area (Å²) in [5.41, 5.74) is 3.33. The molecule has 2 heteroatoms. The molecule has 2 atom stereocenters. The van der Waals surface area contributed by atoms with Gasteiger partial charge in [0.25, 0.3) is 0 Å². The SMILES string of the molecule is N#Cc1ccc(CCCC[C@@H]2CC(=O)C[C@@H](c3ccccc3)C2)cc1. The molecule has 2 nitrogen and oxygen atoms in total. The van der Waals surface area contributed by atoms with E-state index in [0.717, 1.165) is 37.7 Å². The molecule has 3 rings (SSSR count). The molecule has 0 unspecified atom stereocenters. The first kappa shape index (κ1) is 17.4. The molecule has 25 heavy (non-hydrogen) atoms. The lowest BCUT2D eigenvalue weighted by atomic mass is 9.75. The molecule has 2 aromatic carbocycles. The van der Waals surface area contributed by atoms with Gasteiger partial charge in [0.05, 0.1) is 11.6 Å². The summed E-state index contributed by atoms with van der Waals surface area (Å²) in [6.07, 6.45) is 7.13. The average molecular weight is 331 g/mol. The van der Waals surface area contributed by atoms with Gasteiger partial charge in [-0.05, 0) is 60.8 Å². The first-order valence-corrected chi connectivity index (χ1v) is 9.30. The van der Waals surface area contributed by atoms with Crippen LogP contribution in [0.3, 0.4) is 0 Å². The third-order valence-corrected chi connectivity index (χ3v) is 5.29. The van der Waals surface area contributed by atoms with Gasteiger partial charge in [0.1, 0.15) is 5.78 Å². The zero-order chi connectivity index (χ0) is 17.5. The lowest BCUT2D eigenvalue weighted by Crippen LogP contribution is -2.21. The molecule has 128 valence electrons. The van der Waals surface area contributed by atoms with E-state index in [4.69, 9.17) is 5.26 Å². The molecular formula is C23H25NO. The topological polar surface area (TPSA) is 40.9 Å². The first-order valence-electron chi connectivity index (χ1n) is 9.30. The summed E-state index contributed by atoms with van der Waals surface area (Å²) in [7, 11) is 0. The Bertz CT molecular complexity index is 727. The Morgan fingerprint density at radius 1 is 0.960 bits per heavy atom. The number of hydrogen-bond acceptors (Lipinski definition) is 2. The number of Topliss-reactive ketones (excluding diaryl/α,β-unsaturated/α-hetero) is 1. The van der Waals surface area contributed by atoms with Crippen molar-refractivity contribution in [3.8, 4) is 6.07 Å². The van der Waals surface area contributed by atoms with Crippen molar-refractivity contribution in [1.29, 1.82) is 5.26 Å². The van der Waals surface area contributed by atoms with Crippen molar-refractivity contribution >= 4 is 5.78 Å². The zero-order valence-electron chi connectivity index (χ0n) is 14.7. The number of benzene rings is 2. The highest BCUT2D eigenvalue weighted by Crippen LogP contribution is 2.36. The summed E-state index contributed by atoms with van der Waals surface area (Å²) in [6, 6.07) is 20.5. The van der Waals surface area contributed by atoms with Gasteiger partial charge in [-0.3, -0.25) is 4.79 Å². The summed E-state index contributed by atoms with van der Waals surface area (Å²) in [5, 5.41) is 8.83. The van der Waals surface area contributed by atoms with Crippen LogP contribution in [0.5, 0.6) is 0 Å². The van der Waals surface area contributed by atoms with E-state index < -0.39 is 0 Å². The Morgan fingerprint density at radius 3 is 2.44 bits per heavy atom. The fourth-order valence-corrected chi connectivity index (χ4v) is 3.96. The maximum atomic E-state index is 12.1. The van der Waals surface area contributed by atoms with Crippen molar-refractivity contribution in [2.75, 3.05) is 0 Å². The lowest BCUT2D eigenvalue weighted by Gasteiger charge is -2.28. The standard InChI is InChI=1S/C23H25NO/c24-17-19-12-10-18(11-13-19)6-4-5-7-20-14-22(16-23(25)15-20)21-8-2-1-3-9-21/h1-3,8-13,20,22H,4-7,14-16H2/t20-,22-/m0/s1. The van der Waals surface area contributed by atoms with Gasteiger partial charge in [0.15, 0.2) is 0 Å². The first-order chi connectivity index (χ1) is 12.2. The molecule has 0 aliphatic heterocycles. The van der Waals surface area contributed by atoms with Crippen molar-refractivity contribution in [2.24, 2.45) is 5.92 Å². The summed E-state index contributed by atoms with van der Waals surface area (Å²) in [5.74, 6) is 1.37. The highest BCUT2D eigenvalue weighted by atomic mass is 16.1. The van der Waals surface area contributed by atoms with Crippen molar-refractivity contribution < 1.29 is 4.79 Å². The van der Waals surface area contributed by atoms with E-state index >= 15 is 0 Å². The van der Waals surface area contributed by atoms with Crippen LogP contribution < -0.4 is 0 Å². The molecule has 1 fully saturated rings. The summed E-state index contributed by atoms with van der Waals surface area (Å²) in [6.45, 7) is 0. The molecule has 0 amide bonds. The Balaban J connectivity index is 1.46. The Morgan fingerprint density at radius 2 is 1.72 bits per heavy atom. The van der Waals surface area contributed by atoms with E-state index in [2.05, 4.69) is 30.3 Å². The number of ketones is 1. The number of carbonyl (C=O) groups is 1. The summed E-state index contributed by atoms with van der Waals surface area (Å²) in [4.78, 5) is 12.1. The number of rotatable bonds is 6. The van der Waals surface area contributed by atoms with E-state index in [1.807, 2.05) is 30.3 Å². The average Bonchev–Trinajstić information content (AvgIpc) is 2.66. The number of aryl methyl sites for hydroxylation is 1. The molecule has 1 aliphatic rings. The zero-order valence-corrected chi connectivity index (χ0v) is 14.7. The van der Waals surface area contributed by atoms with Gasteiger partial charge in [0.2, 0.25) is 0 Å². The van der Waals surface area contributed by atoms with Crippen LogP contribution in [0, 0.1) is 17.2 Å². The third kappa shape index (κ3) is 5.03. The Hall–Kier alpha value is -2.40. The smallest absolute Gasteiger partial charge is 0.133 e. The Labute approximate surface area is 150 Å². The van der Waals surface area contributed by atoms with Crippen LogP contribution in [0.25, 0.3) is 0 Å². The predicted octanol–water partition coefficient (Wildman–Crippen LogP) is 5.42. The second-order valence-electron chi connectivity index (χ2n) is 7.21. The van der Waals surface area contributed by atoms with Gasteiger partial charge in [0, 0.05) is 12.8 Å². The van der Waals surface area contributed by atoms with Crippen LogP contribution in [-0.4, -0.2) is 5.78 Å². The van der Waals surface area contributed by atoms with Crippen molar-refractivity contribution in [1.82, 2.24) is 0 Å². The van der Waals surface area contributed by atoms with Gasteiger partial charge >= 0.3 is 0 Å². The molecule has 0 radical (unpaired) electrons. The maximum Gasteiger partial charge on any atom is 0.133 e. The van der Waals surface area contributed by atoms with Gasteiger partial charge in [-0.1, -0.05) is 48.9 Å². The number of carbonyl (C=O) groups excluding carboxylic acids is 1. The number of hydrogen-bond donors (Lipinski definition) is 0. The fourth-order valence-electron chi connectivity index (χ4n) is 3.96. The molecule has 0 N–H and O–H groups in total. The molecule has 2 aromatic rings. The van der Waals surface area contributed by atoms with Crippen LogP contribution in [0.2, 0.25) is 0 Å². The maximum absolute atomic E-state index is 12.1. The van der Waals surface area contributed by atoms with E-state index in [1.54, 1.807) is 0 Å². The van der Waals surface area contributed by atoms with E-state index in [0.29, 0.717) is 24.0 Å². The largest absolute Gasteiger partial charge is 0.300 e. The third-order valence-electron chi connectivity index (χ3n) is 5.29. The molecule has 1 saturated carbocycles. The molecule has 0 bridgehead atoms. The molecule has 0 heterocycles. The molecule has 0 spiro atoms. The molecular weight excluding hydrogens is 306 g/mol. The van der Waals surface area contributed by atoms with E-state index in [-0.39, 0.29) is 0 Å². The predicted molar refractivity (Wildman–Crippen MR) is 100 cm³/mol. The van der Waals surface area contributed by atoms with Crippen molar-refractivity contribution in [3.63, 3.8) is 0 Å². The van der Waals surface area contributed by atoms with Gasteiger partial charge in [-0.2, -0.15) is 5.26 Å². The summed E-state index contributed by atoms with van der Waals surface area (Å²) >= 11 is 0. The van der Waals surface area contributed by atoms with Crippen molar-refractivity contribution in [2.45, 2.75) is 50.9 Å². The van der Waals surface area contributed by atoms with Gasteiger partial charge in [-0.15, -0.1) is 0 Å². The molecule has 0 saturated heterocycles. The second kappa shape index (κ2) is 8.62. The minimum Gasteiger partial charge on any atom is -0.300 e. The van der Waals surface area contributed by atoms with Gasteiger partial charge in [-0.25, -0.2) is 0 Å². The number of nitriles is 1. The highest BCUT2D eigenvalue weighted by Gasteiger charge is 2.27. The quantitative estimate of drug-likeness (QED) is 0.663. The van der Waals surface area contributed by atoms with Crippen LogP contribution >= 0.6 is 0 Å². The van der Waals surface area contributed by atoms with E-state index in [1.165, 1.54) is 17.5 Å². The van der Waals surface area contributed by atoms with Crippen molar-refractivity contribution in [3.05, 3.63) is 71.3 Å². The monoisotopic (exact) mass is 331 g/mol. The second-order valence-corrected chi connectivity index (χ2v) is 7.21. The van der Waals surface area contributed by atoms with Crippen LogP contribution in [0.1, 0.15) is 61.1 Å². The fraction of sp³-hybridized carbons (Fsp3) is 0.391. The van der Waals surface area contributed by atoms with Crippen LogP contribution in [0.4, 0.5) is 0 Å². The number of unbranched alkanes of at least 4 members (excludes halogenated alkanes) is 1.